The van der Waals surface area contributed by atoms with E-state index >= 15 is 0 Å². The van der Waals surface area contributed by atoms with Crippen molar-refractivity contribution in [3.05, 3.63) is 34.5 Å². The standard InChI is InChI=1S/C14H19N3O/c1-8-14(12(15)7-18)11-3-9-5-16-6-10(9)4-13(11)17(8)2/h3-4,12,16,18H,5-7,15H2,1-2H3. The molecule has 4 N–H and O–H groups in total. The Balaban J connectivity index is 2.32. The van der Waals surface area contributed by atoms with Crippen LogP contribution in [0.3, 0.4) is 0 Å². The lowest BCUT2D eigenvalue weighted by atomic mass is 10.0. The molecule has 0 fully saturated rings. The molecule has 0 bridgehead atoms. The van der Waals surface area contributed by atoms with E-state index in [1.807, 2.05) is 0 Å². The number of rotatable bonds is 2. The van der Waals surface area contributed by atoms with E-state index in [9.17, 15) is 5.11 Å². The van der Waals surface area contributed by atoms with Crippen LogP contribution < -0.4 is 11.1 Å². The fourth-order valence-electron chi connectivity index (χ4n) is 2.95. The van der Waals surface area contributed by atoms with Crippen LogP contribution in [0.5, 0.6) is 0 Å². The molecule has 0 aliphatic carbocycles. The molecule has 1 aliphatic heterocycles. The zero-order valence-electron chi connectivity index (χ0n) is 10.8. The molecule has 1 aromatic carbocycles. The topological polar surface area (TPSA) is 63.2 Å². The second-order valence-corrected chi connectivity index (χ2v) is 5.09. The van der Waals surface area contributed by atoms with Crippen molar-refractivity contribution in [1.29, 1.82) is 0 Å². The number of fused-ring (bicyclic) bond motifs is 2. The summed E-state index contributed by atoms with van der Waals surface area (Å²) in [6.07, 6.45) is 0. The van der Waals surface area contributed by atoms with Gasteiger partial charge in [0.25, 0.3) is 0 Å². The molecule has 1 atom stereocenters. The lowest BCUT2D eigenvalue weighted by molar-refractivity contribution is 0.268. The van der Waals surface area contributed by atoms with Crippen molar-refractivity contribution >= 4 is 10.9 Å². The molecule has 1 unspecified atom stereocenters. The van der Waals surface area contributed by atoms with Crippen molar-refractivity contribution in [2.24, 2.45) is 12.8 Å². The summed E-state index contributed by atoms with van der Waals surface area (Å²) in [5.74, 6) is 0. The van der Waals surface area contributed by atoms with Crippen molar-refractivity contribution in [3.8, 4) is 0 Å². The molecule has 0 saturated heterocycles. The van der Waals surface area contributed by atoms with Gasteiger partial charge in [-0.1, -0.05) is 0 Å². The largest absolute Gasteiger partial charge is 0.394 e. The first-order chi connectivity index (χ1) is 8.63. The van der Waals surface area contributed by atoms with Gasteiger partial charge in [0.2, 0.25) is 0 Å². The van der Waals surface area contributed by atoms with E-state index in [0.29, 0.717) is 0 Å². The van der Waals surface area contributed by atoms with Crippen LogP contribution in [0.25, 0.3) is 10.9 Å². The minimum atomic E-state index is -0.305. The molecule has 2 heterocycles. The van der Waals surface area contributed by atoms with E-state index < -0.39 is 0 Å². The van der Waals surface area contributed by atoms with Gasteiger partial charge >= 0.3 is 0 Å². The van der Waals surface area contributed by atoms with Gasteiger partial charge in [0.05, 0.1) is 12.6 Å². The number of aliphatic hydroxyl groups excluding tert-OH is 1. The average molecular weight is 245 g/mol. The number of hydrogen-bond donors (Lipinski definition) is 3. The highest BCUT2D eigenvalue weighted by molar-refractivity contribution is 5.87. The van der Waals surface area contributed by atoms with E-state index in [1.165, 1.54) is 22.0 Å². The second kappa shape index (κ2) is 4.09. The molecule has 1 aromatic heterocycles. The third-order valence-electron chi connectivity index (χ3n) is 4.06. The fourth-order valence-corrected chi connectivity index (χ4v) is 2.95. The van der Waals surface area contributed by atoms with Gasteiger partial charge in [-0.15, -0.1) is 0 Å². The average Bonchev–Trinajstić information content (AvgIpc) is 2.91. The highest BCUT2D eigenvalue weighted by Crippen LogP contribution is 2.32. The fraction of sp³-hybridized carbons (Fsp3) is 0.429. The predicted octanol–water partition coefficient (Wildman–Crippen LogP) is 1.08. The zero-order chi connectivity index (χ0) is 12.9. The van der Waals surface area contributed by atoms with E-state index in [0.717, 1.165) is 24.3 Å². The number of aliphatic hydroxyl groups is 1. The van der Waals surface area contributed by atoms with Crippen molar-refractivity contribution in [3.63, 3.8) is 0 Å². The summed E-state index contributed by atoms with van der Waals surface area (Å²) >= 11 is 0. The maximum Gasteiger partial charge on any atom is 0.0625 e. The maximum absolute atomic E-state index is 9.33. The molecule has 0 spiro atoms. The molecule has 1 aliphatic rings. The molecule has 96 valence electrons. The number of nitrogens with zero attached hydrogens (tertiary/aromatic N) is 1. The van der Waals surface area contributed by atoms with Crippen LogP contribution in [-0.4, -0.2) is 16.3 Å². The van der Waals surface area contributed by atoms with E-state index in [2.05, 4.69) is 36.0 Å². The smallest absolute Gasteiger partial charge is 0.0625 e. The second-order valence-electron chi connectivity index (χ2n) is 5.09. The first-order valence-corrected chi connectivity index (χ1v) is 6.31. The minimum Gasteiger partial charge on any atom is -0.394 e. The Morgan fingerprint density at radius 3 is 2.72 bits per heavy atom. The first kappa shape index (κ1) is 11.7. The number of benzene rings is 1. The van der Waals surface area contributed by atoms with Gasteiger partial charge in [0.1, 0.15) is 0 Å². The lowest BCUT2D eigenvalue weighted by Gasteiger charge is -2.09. The summed E-state index contributed by atoms with van der Waals surface area (Å²) in [6.45, 7) is 3.91. The van der Waals surface area contributed by atoms with E-state index in [4.69, 9.17) is 5.73 Å². The molecule has 18 heavy (non-hydrogen) atoms. The van der Waals surface area contributed by atoms with Crippen LogP contribution in [0.15, 0.2) is 12.1 Å². The normalized spacial score (nSPS) is 16.2. The van der Waals surface area contributed by atoms with Crippen molar-refractivity contribution in [2.45, 2.75) is 26.1 Å². The van der Waals surface area contributed by atoms with Crippen molar-refractivity contribution in [2.75, 3.05) is 6.61 Å². The van der Waals surface area contributed by atoms with Gasteiger partial charge in [0, 0.05) is 36.7 Å². The van der Waals surface area contributed by atoms with Crippen LogP contribution in [0.2, 0.25) is 0 Å². The molecule has 0 amide bonds. The van der Waals surface area contributed by atoms with Gasteiger partial charge in [-0.3, -0.25) is 0 Å². The molecular weight excluding hydrogens is 226 g/mol. The number of aryl methyl sites for hydroxylation is 1. The summed E-state index contributed by atoms with van der Waals surface area (Å²) in [5, 5.41) is 13.9. The third-order valence-corrected chi connectivity index (χ3v) is 4.06. The Hall–Kier alpha value is -1.36. The molecule has 4 nitrogen and oxygen atoms in total. The van der Waals surface area contributed by atoms with Crippen LogP contribution in [-0.2, 0) is 20.1 Å². The minimum absolute atomic E-state index is 0.0186. The molecular formula is C14H19N3O. The quantitative estimate of drug-likeness (QED) is 0.742. The maximum atomic E-state index is 9.33. The van der Waals surface area contributed by atoms with E-state index in [-0.39, 0.29) is 12.6 Å². The van der Waals surface area contributed by atoms with Gasteiger partial charge in [-0.05, 0) is 35.7 Å². The lowest BCUT2D eigenvalue weighted by Crippen LogP contribution is -2.15. The summed E-state index contributed by atoms with van der Waals surface area (Å²) < 4.78 is 2.17. The van der Waals surface area contributed by atoms with Crippen LogP contribution in [0.1, 0.15) is 28.4 Å². The number of aromatic nitrogens is 1. The van der Waals surface area contributed by atoms with Gasteiger partial charge < -0.3 is 20.7 Å². The monoisotopic (exact) mass is 245 g/mol. The molecule has 0 saturated carbocycles. The Labute approximate surface area is 106 Å². The van der Waals surface area contributed by atoms with E-state index in [1.54, 1.807) is 0 Å². The molecule has 2 aromatic rings. The summed E-state index contributed by atoms with van der Waals surface area (Å²) in [4.78, 5) is 0. The summed E-state index contributed by atoms with van der Waals surface area (Å²) in [6, 6.07) is 4.16. The number of nitrogens with one attached hydrogen (secondary N) is 1. The highest BCUT2D eigenvalue weighted by Gasteiger charge is 2.20. The summed E-state index contributed by atoms with van der Waals surface area (Å²) in [7, 11) is 2.06. The Morgan fingerprint density at radius 2 is 2.06 bits per heavy atom. The van der Waals surface area contributed by atoms with Crippen molar-refractivity contribution in [1.82, 2.24) is 9.88 Å². The number of nitrogens with two attached hydrogens (primary N) is 1. The Kier molecular flexibility index (Phi) is 2.66. The summed E-state index contributed by atoms with van der Waals surface area (Å²) in [5.41, 5.74) is 12.2. The third kappa shape index (κ3) is 1.50. The molecule has 0 radical (unpaired) electrons. The molecule has 3 rings (SSSR count). The van der Waals surface area contributed by atoms with Crippen LogP contribution >= 0.6 is 0 Å². The first-order valence-electron chi connectivity index (χ1n) is 6.31. The molecule has 4 heteroatoms. The Bertz CT molecular complexity index is 615. The Morgan fingerprint density at radius 1 is 1.39 bits per heavy atom. The highest BCUT2D eigenvalue weighted by atomic mass is 16.3. The van der Waals surface area contributed by atoms with Crippen LogP contribution in [0.4, 0.5) is 0 Å². The van der Waals surface area contributed by atoms with Gasteiger partial charge in [-0.25, -0.2) is 0 Å². The zero-order valence-corrected chi connectivity index (χ0v) is 10.8. The van der Waals surface area contributed by atoms with Gasteiger partial charge in [-0.2, -0.15) is 0 Å². The number of hydrogen-bond acceptors (Lipinski definition) is 3. The van der Waals surface area contributed by atoms with Gasteiger partial charge in [0.15, 0.2) is 0 Å². The predicted molar refractivity (Wildman–Crippen MR) is 72.2 cm³/mol. The van der Waals surface area contributed by atoms with Crippen molar-refractivity contribution < 1.29 is 5.11 Å². The van der Waals surface area contributed by atoms with Crippen LogP contribution in [0, 0.1) is 6.92 Å². The SMILES string of the molecule is Cc1c(C(N)CO)c2cc3c(cc2n1C)CNC3.